The topological polar surface area (TPSA) is 70.0 Å². The highest BCUT2D eigenvalue weighted by Gasteiger charge is 2.38. The van der Waals surface area contributed by atoms with Crippen LogP contribution in [0.15, 0.2) is 23.1 Å². The Morgan fingerprint density at radius 3 is 2.67 bits per heavy atom. The smallest absolute Gasteiger partial charge is 0.211 e. The first-order valence-corrected chi connectivity index (χ1v) is 7.42. The minimum atomic E-state index is -3.54. The third-order valence-electron chi connectivity index (χ3n) is 3.16. The highest BCUT2D eigenvalue weighted by Crippen LogP contribution is 2.44. The van der Waals surface area contributed by atoms with Gasteiger partial charge in [-0.25, -0.2) is 13.1 Å². The SMILES string of the molecule is CC1(CNS(=O)(=O)c2ccc(C#N)c(Cl)c2)CC1. The van der Waals surface area contributed by atoms with Crippen LogP contribution >= 0.6 is 11.6 Å². The van der Waals surface area contributed by atoms with Crippen LogP contribution in [0, 0.1) is 16.7 Å². The normalized spacial score (nSPS) is 17.2. The first-order chi connectivity index (χ1) is 8.36. The van der Waals surface area contributed by atoms with Crippen molar-refractivity contribution >= 4 is 21.6 Å². The van der Waals surface area contributed by atoms with E-state index in [1.54, 1.807) is 0 Å². The van der Waals surface area contributed by atoms with Gasteiger partial charge in [0.1, 0.15) is 6.07 Å². The number of halogens is 1. The van der Waals surface area contributed by atoms with E-state index in [0.29, 0.717) is 6.54 Å². The molecule has 6 heteroatoms. The Morgan fingerprint density at radius 1 is 1.50 bits per heavy atom. The number of nitrogens with zero attached hydrogens (tertiary/aromatic N) is 1. The molecule has 0 heterocycles. The van der Waals surface area contributed by atoms with Crippen LogP contribution in [0.3, 0.4) is 0 Å². The standard InChI is InChI=1S/C12H13ClN2O2S/c1-12(4-5-12)8-15-18(16,17)10-3-2-9(7-14)11(13)6-10/h2-3,6,15H,4-5,8H2,1H3. The predicted molar refractivity (Wildman–Crippen MR) is 68.7 cm³/mol. The van der Waals surface area contributed by atoms with Crippen LogP contribution in [0.4, 0.5) is 0 Å². The Bertz CT molecular complexity index is 615. The fraction of sp³-hybridized carbons (Fsp3) is 0.417. The molecule has 1 aliphatic rings. The lowest BCUT2D eigenvalue weighted by Crippen LogP contribution is -2.29. The van der Waals surface area contributed by atoms with Crippen molar-refractivity contribution in [3.8, 4) is 6.07 Å². The van der Waals surface area contributed by atoms with Gasteiger partial charge >= 0.3 is 0 Å². The van der Waals surface area contributed by atoms with E-state index in [0.717, 1.165) is 12.8 Å². The van der Waals surface area contributed by atoms with E-state index in [9.17, 15) is 8.42 Å². The molecule has 0 atom stereocenters. The summed E-state index contributed by atoms with van der Waals surface area (Å²) in [6, 6.07) is 6.00. The maximum Gasteiger partial charge on any atom is 0.240 e. The highest BCUT2D eigenvalue weighted by molar-refractivity contribution is 7.89. The van der Waals surface area contributed by atoms with E-state index >= 15 is 0 Å². The van der Waals surface area contributed by atoms with Crippen LogP contribution in [0.25, 0.3) is 0 Å². The Labute approximate surface area is 112 Å². The molecular weight excluding hydrogens is 272 g/mol. The van der Waals surface area contributed by atoms with Crippen LogP contribution in [0.1, 0.15) is 25.3 Å². The van der Waals surface area contributed by atoms with E-state index in [-0.39, 0.29) is 20.9 Å². The van der Waals surface area contributed by atoms with Crippen LogP contribution in [-0.4, -0.2) is 15.0 Å². The molecule has 1 aromatic carbocycles. The molecular formula is C12H13ClN2O2S. The summed E-state index contributed by atoms with van der Waals surface area (Å²) in [7, 11) is -3.54. The van der Waals surface area contributed by atoms with Gasteiger partial charge in [-0.1, -0.05) is 18.5 Å². The fourth-order valence-corrected chi connectivity index (χ4v) is 3.01. The molecule has 0 spiro atoms. The number of rotatable bonds is 4. The molecule has 96 valence electrons. The lowest BCUT2D eigenvalue weighted by molar-refractivity contribution is 0.530. The van der Waals surface area contributed by atoms with Crippen LogP contribution in [-0.2, 0) is 10.0 Å². The van der Waals surface area contributed by atoms with Gasteiger partial charge in [0.05, 0.1) is 15.5 Å². The van der Waals surface area contributed by atoms with Crippen LogP contribution in [0.5, 0.6) is 0 Å². The number of benzene rings is 1. The van der Waals surface area contributed by atoms with Gasteiger partial charge < -0.3 is 0 Å². The van der Waals surface area contributed by atoms with Crippen molar-refractivity contribution in [2.75, 3.05) is 6.54 Å². The van der Waals surface area contributed by atoms with Crippen molar-refractivity contribution in [3.05, 3.63) is 28.8 Å². The van der Waals surface area contributed by atoms with Gasteiger partial charge in [-0.2, -0.15) is 5.26 Å². The average Bonchev–Trinajstić information content (AvgIpc) is 3.06. The predicted octanol–water partition coefficient (Wildman–Crippen LogP) is 2.29. The summed E-state index contributed by atoms with van der Waals surface area (Å²) in [5.41, 5.74) is 0.369. The van der Waals surface area contributed by atoms with Crippen LogP contribution < -0.4 is 4.72 Å². The Morgan fingerprint density at radius 2 is 2.17 bits per heavy atom. The van der Waals surface area contributed by atoms with Crippen molar-refractivity contribution < 1.29 is 8.42 Å². The molecule has 1 aliphatic carbocycles. The molecule has 2 rings (SSSR count). The number of sulfonamides is 1. The Kier molecular flexibility index (Phi) is 3.37. The quantitative estimate of drug-likeness (QED) is 0.922. The molecule has 0 aliphatic heterocycles. The first kappa shape index (κ1) is 13.3. The van der Waals surface area contributed by atoms with Gasteiger partial charge in [0, 0.05) is 6.54 Å². The van der Waals surface area contributed by atoms with E-state index in [4.69, 9.17) is 16.9 Å². The molecule has 0 radical (unpaired) electrons. The van der Waals surface area contributed by atoms with Gasteiger partial charge in [-0.05, 0) is 36.5 Å². The molecule has 0 aromatic heterocycles. The van der Waals surface area contributed by atoms with Crippen molar-refractivity contribution in [2.45, 2.75) is 24.7 Å². The summed E-state index contributed by atoms with van der Waals surface area (Å²) in [5, 5.41) is 8.88. The zero-order valence-electron chi connectivity index (χ0n) is 9.90. The average molecular weight is 285 g/mol. The lowest BCUT2D eigenvalue weighted by atomic mass is 10.2. The van der Waals surface area contributed by atoms with E-state index in [1.807, 2.05) is 13.0 Å². The number of nitriles is 1. The second-order valence-electron chi connectivity index (χ2n) is 4.89. The van der Waals surface area contributed by atoms with Crippen molar-refractivity contribution in [3.63, 3.8) is 0 Å². The molecule has 1 aromatic rings. The van der Waals surface area contributed by atoms with Crippen molar-refractivity contribution in [1.29, 1.82) is 5.26 Å². The first-order valence-electron chi connectivity index (χ1n) is 5.56. The van der Waals surface area contributed by atoms with E-state index in [2.05, 4.69) is 4.72 Å². The minimum absolute atomic E-state index is 0.0933. The van der Waals surface area contributed by atoms with Gasteiger partial charge in [0.25, 0.3) is 0 Å². The maximum atomic E-state index is 12.0. The third kappa shape index (κ3) is 2.83. The summed E-state index contributed by atoms with van der Waals surface area (Å²) in [6.45, 7) is 2.48. The van der Waals surface area contributed by atoms with Gasteiger partial charge in [-0.3, -0.25) is 0 Å². The molecule has 1 N–H and O–H groups in total. The van der Waals surface area contributed by atoms with Gasteiger partial charge in [0.15, 0.2) is 0 Å². The van der Waals surface area contributed by atoms with Crippen LogP contribution in [0.2, 0.25) is 5.02 Å². The van der Waals surface area contributed by atoms with Crippen molar-refractivity contribution in [1.82, 2.24) is 4.72 Å². The molecule has 18 heavy (non-hydrogen) atoms. The molecule has 1 fully saturated rings. The summed E-state index contributed by atoms with van der Waals surface area (Å²) in [4.78, 5) is 0.0933. The zero-order valence-corrected chi connectivity index (χ0v) is 11.5. The monoisotopic (exact) mass is 284 g/mol. The number of hydrogen-bond acceptors (Lipinski definition) is 3. The molecule has 0 bridgehead atoms. The summed E-state index contributed by atoms with van der Waals surface area (Å²) < 4.78 is 26.6. The van der Waals surface area contributed by atoms with E-state index in [1.165, 1.54) is 18.2 Å². The highest BCUT2D eigenvalue weighted by atomic mass is 35.5. The second kappa shape index (κ2) is 4.54. The molecule has 0 saturated heterocycles. The van der Waals surface area contributed by atoms with Gasteiger partial charge in [0.2, 0.25) is 10.0 Å². The van der Waals surface area contributed by atoms with E-state index < -0.39 is 10.0 Å². The number of hydrogen-bond donors (Lipinski definition) is 1. The Hall–Kier alpha value is -1.09. The molecule has 0 amide bonds. The fourth-order valence-electron chi connectivity index (χ4n) is 1.50. The minimum Gasteiger partial charge on any atom is -0.211 e. The number of nitrogens with one attached hydrogen (secondary N) is 1. The molecule has 4 nitrogen and oxygen atoms in total. The third-order valence-corrected chi connectivity index (χ3v) is 4.88. The lowest BCUT2D eigenvalue weighted by Gasteiger charge is -2.11. The zero-order chi connectivity index (χ0) is 13.4. The summed E-state index contributed by atoms with van der Waals surface area (Å²) in [5.74, 6) is 0. The van der Waals surface area contributed by atoms with Crippen molar-refractivity contribution in [2.24, 2.45) is 5.41 Å². The molecule has 1 saturated carbocycles. The maximum absolute atomic E-state index is 12.0. The summed E-state index contributed by atoms with van der Waals surface area (Å²) in [6.07, 6.45) is 2.09. The molecule has 0 unspecified atom stereocenters. The second-order valence-corrected chi connectivity index (χ2v) is 7.06. The largest absolute Gasteiger partial charge is 0.240 e. The van der Waals surface area contributed by atoms with Gasteiger partial charge in [-0.15, -0.1) is 0 Å². The Balaban J connectivity index is 2.19. The summed E-state index contributed by atoms with van der Waals surface area (Å²) >= 11 is 5.82.